The van der Waals surface area contributed by atoms with Crippen LogP contribution >= 0.6 is 0 Å². The molecule has 0 saturated carbocycles. The number of hydrogen-bond acceptors (Lipinski definition) is 4. The molecule has 0 radical (unpaired) electrons. The van der Waals surface area contributed by atoms with E-state index in [0.717, 1.165) is 25.4 Å². The van der Waals surface area contributed by atoms with E-state index in [2.05, 4.69) is 27.4 Å². The summed E-state index contributed by atoms with van der Waals surface area (Å²) in [6, 6.07) is 0.210. The van der Waals surface area contributed by atoms with Gasteiger partial charge in [0.1, 0.15) is 12.2 Å². The summed E-state index contributed by atoms with van der Waals surface area (Å²) in [6.45, 7) is 3.86. The smallest absolute Gasteiger partial charge is 0.141 e. The zero-order valence-corrected chi connectivity index (χ0v) is 8.36. The molecule has 2 heterocycles. The van der Waals surface area contributed by atoms with E-state index in [0.29, 0.717) is 6.10 Å². The van der Waals surface area contributed by atoms with Crippen LogP contribution in [0.4, 0.5) is 0 Å². The maximum atomic E-state index is 5.51. The molecule has 1 saturated heterocycles. The highest BCUT2D eigenvalue weighted by molar-refractivity contribution is 4.88. The zero-order chi connectivity index (χ0) is 9.80. The van der Waals surface area contributed by atoms with Crippen molar-refractivity contribution >= 4 is 0 Å². The lowest BCUT2D eigenvalue weighted by Crippen LogP contribution is -2.29. The molecule has 5 heteroatoms. The number of aromatic amines is 1. The molecule has 0 spiro atoms. The van der Waals surface area contributed by atoms with Crippen LogP contribution in [0.5, 0.6) is 0 Å². The van der Waals surface area contributed by atoms with E-state index >= 15 is 0 Å². The quantitative estimate of drug-likeness (QED) is 0.741. The van der Waals surface area contributed by atoms with Gasteiger partial charge in [-0.1, -0.05) is 0 Å². The predicted molar refractivity (Wildman–Crippen MR) is 51.8 cm³/mol. The maximum absolute atomic E-state index is 5.51. The van der Waals surface area contributed by atoms with Crippen LogP contribution in [0.2, 0.25) is 0 Å². The average Bonchev–Trinajstić information content (AvgIpc) is 2.87. The van der Waals surface area contributed by atoms with Crippen molar-refractivity contribution in [1.82, 2.24) is 20.5 Å². The lowest BCUT2D eigenvalue weighted by atomic mass is 10.2. The van der Waals surface area contributed by atoms with Crippen LogP contribution in [0.1, 0.15) is 31.6 Å². The lowest BCUT2D eigenvalue weighted by Gasteiger charge is -2.14. The number of H-pyrrole nitrogens is 1. The van der Waals surface area contributed by atoms with Crippen molar-refractivity contribution in [2.75, 3.05) is 13.2 Å². The summed E-state index contributed by atoms with van der Waals surface area (Å²) in [4.78, 5) is 4.09. The number of nitrogens with one attached hydrogen (secondary N) is 2. The fraction of sp³-hybridized carbons (Fsp3) is 0.778. The monoisotopic (exact) mass is 196 g/mol. The Balaban J connectivity index is 1.74. The molecular weight excluding hydrogens is 180 g/mol. The van der Waals surface area contributed by atoms with Gasteiger partial charge in [-0.15, -0.1) is 0 Å². The topological polar surface area (TPSA) is 62.8 Å². The van der Waals surface area contributed by atoms with Crippen molar-refractivity contribution in [1.29, 1.82) is 0 Å². The van der Waals surface area contributed by atoms with E-state index in [4.69, 9.17) is 4.74 Å². The highest BCUT2D eigenvalue weighted by Crippen LogP contribution is 2.12. The fourth-order valence-electron chi connectivity index (χ4n) is 1.63. The maximum Gasteiger partial charge on any atom is 0.141 e. The molecule has 1 aliphatic rings. The molecule has 0 amide bonds. The number of ether oxygens (including phenoxy) is 1. The average molecular weight is 196 g/mol. The summed E-state index contributed by atoms with van der Waals surface area (Å²) in [5, 5.41) is 10.0. The normalized spacial score (nSPS) is 23.9. The molecule has 5 nitrogen and oxygen atoms in total. The Hall–Kier alpha value is -0.940. The Morgan fingerprint density at radius 3 is 3.36 bits per heavy atom. The van der Waals surface area contributed by atoms with Crippen molar-refractivity contribution in [2.45, 2.75) is 31.9 Å². The van der Waals surface area contributed by atoms with Crippen LogP contribution in [0, 0.1) is 0 Å². The number of aromatic nitrogens is 3. The first-order chi connectivity index (χ1) is 6.86. The van der Waals surface area contributed by atoms with E-state index in [-0.39, 0.29) is 6.04 Å². The molecule has 1 aromatic heterocycles. The summed E-state index contributed by atoms with van der Waals surface area (Å²) in [5.74, 6) is 0.878. The highest BCUT2D eigenvalue weighted by atomic mass is 16.5. The molecule has 2 atom stereocenters. The predicted octanol–water partition coefficient (Wildman–Crippen LogP) is 0.634. The van der Waals surface area contributed by atoms with Gasteiger partial charge in [0.05, 0.1) is 12.1 Å². The molecule has 78 valence electrons. The van der Waals surface area contributed by atoms with Crippen molar-refractivity contribution in [3.05, 3.63) is 12.2 Å². The summed E-state index contributed by atoms with van der Waals surface area (Å²) >= 11 is 0. The van der Waals surface area contributed by atoms with Gasteiger partial charge in [-0.25, -0.2) is 4.98 Å². The standard InChI is InChI=1S/C9H16N4O/c1-7(9-11-6-12-13-9)10-5-8-3-2-4-14-8/h6-8,10H,2-5H2,1H3,(H,11,12,13). The third-order valence-corrected chi connectivity index (χ3v) is 2.52. The molecule has 2 unspecified atom stereocenters. The van der Waals surface area contributed by atoms with E-state index in [1.165, 1.54) is 12.7 Å². The first-order valence-electron chi connectivity index (χ1n) is 5.06. The second-order valence-corrected chi connectivity index (χ2v) is 3.64. The van der Waals surface area contributed by atoms with E-state index in [1.807, 2.05) is 0 Å². The van der Waals surface area contributed by atoms with Crippen molar-refractivity contribution in [3.8, 4) is 0 Å². The van der Waals surface area contributed by atoms with Gasteiger partial charge < -0.3 is 10.1 Å². The molecule has 0 bridgehead atoms. The van der Waals surface area contributed by atoms with E-state index in [1.54, 1.807) is 0 Å². The van der Waals surface area contributed by atoms with Crippen LogP contribution in [0.15, 0.2) is 6.33 Å². The second kappa shape index (κ2) is 4.52. The third kappa shape index (κ3) is 2.30. The largest absolute Gasteiger partial charge is 0.377 e. The minimum Gasteiger partial charge on any atom is -0.377 e. The molecule has 2 rings (SSSR count). The van der Waals surface area contributed by atoms with Gasteiger partial charge in [0.25, 0.3) is 0 Å². The summed E-state index contributed by atoms with van der Waals surface area (Å²) in [6.07, 6.45) is 4.25. The second-order valence-electron chi connectivity index (χ2n) is 3.64. The summed E-state index contributed by atoms with van der Waals surface area (Å²) < 4.78 is 5.51. The van der Waals surface area contributed by atoms with Crippen molar-refractivity contribution < 1.29 is 4.74 Å². The van der Waals surface area contributed by atoms with Crippen LogP contribution < -0.4 is 5.32 Å². The Morgan fingerprint density at radius 2 is 2.71 bits per heavy atom. The number of hydrogen-bond donors (Lipinski definition) is 2. The van der Waals surface area contributed by atoms with Crippen LogP contribution in [0.25, 0.3) is 0 Å². The molecule has 2 N–H and O–H groups in total. The highest BCUT2D eigenvalue weighted by Gasteiger charge is 2.16. The molecule has 0 aliphatic carbocycles. The Bertz CT molecular complexity index is 256. The fourth-order valence-corrected chi connectivity index (χ4v) is 1.63. The van der Waals surface area contributed by atoms with E-state index in [9.17, 15) is 0 Å². The van der Waals surface area contributed by atoms with E-state index < -0.39 is 0 Å². The SMILES string of the molecule is CC(NCC1CCCO1)c1ncn[nH]1. The Labute approximate surface area is 83.3 Å². The van der Waals surface area contributed by atoms with Crippen LogP contribution in [-0.4, -0.2) is 34.4 Å². The van der Waals surface area contributed by atoms with Gasteiger partial charge in [-0.05, 0) is 19.8 Å². The Morgan fingerprint density at radius 1 is 1.79 bits per heavy atom. The van der Waals surface area contributed by atoms with Gasteiger partial charge in [-0.2, -0.15) is 5.10 Å². The van der Waals surface area contributed by atoms with Crippen LogP contribution in [-0.2, 0) is 4.74 Å². The number of nitrogens with zero attached hydrogens (tertiary/aromatic N) is 2. The Kier molecular flexibility index (Phi) is 3.10. The first kappa shape index (κ1) is 9.61. The molecule has 14 heavy (non-hydrogen) atoms. The first-order valence-corrected chi connectivity index (χ1v) is 5.06. The minimum absolute atomic E-state index is 0.210. The molecule has 1 aliphatic heterocycles. The number of rotatable bonds is 4. The minimum atomic E-state index is 0.210. The van der Waals surface area contributed by atoms with Crippen LogP contribution in [0.3, 0.4) is 0 Å². The molecule has 1 aromatic rings. The summed E-state index contributed by atoms with van der Waals surface area (Å²) in [7, 11) is 0. The summed E-state index contributed by atoms with van der Waals surface area (Å²) in [5.41, 5.74) is 0. The zero-order valence-electron chi connectivity index (χ0n) is 8.36. The van der Waals surface area contributed by atoms with Gasteiger partial charge in [0.2, 0.25) is 0 Å². The van der Waals surface area contributed by atoms with Gasteiger partial charge >= 0.3 is 0 Å². The molecular formula is C9H16N4O. The van der Waals surface area contributed by atoms with Gasteiger partial charge in [0.15, 0.2) is 0 Å². The van der Waals surface area contributed by atoms with Crippen molar-refractivity contribution in [3.63, 3.8) is 0 Å². The molecule has 1 fully saturated rings. The third-order valence-electron chi connectivity index (χ3n) is 2.52. The molecule has 0 aromatic carbocycles. The van der Waals surface area contributed by atoms with Crippen molar-refractivity contribution in [2.24, 2.45) is 0 Å². The van der Waals surface area contributed by atoms with Gasteiger partial charge in [-0.3, -0.25) is 5.10 Å². The lowest BCUT2D eigenvalue weighted by molar-refractivity contribution is 0.108. The van der Waals surface area contributed by atoms with Gasteiger partial charge in [0, 0.05) is 13.2 Å².